The van der Waals surface area contributed by atoms with E-state index in [4.69, 9.17) is 9.47 Å². The predicted molar refractivity (Wildman–Crippen MR) is 59.3 cm³/mol. The Morgan fingerprint density at radius 3 is 2.94 bits per heavy atom. The molecule has 1 aliphatic heterocycles. The van der Waals surface area contributed by atoms with Gasteiger partial charge in [0.2, 0.25) is 0 Å². The molecule has 1 aromatic carbocycles. The molecule has 0 bridgehead atoms. The van der Waals surface area contributed by atoms with E-state index >= 15 is 0 Å². The monoisotopic (exact) mass is 221 g/mol. The van der Waals surface area contributed by atoms with Gasteiger partial charge in [0, 0.05) is 12.1 Å². The molecular weight excluding hydrogens is 206 g/mol. The smallest absolute Gasteiger partial charge is 0.323 e. The van der Waals surface area contributed by atoms with Gasteiger partial charge in [-0.25, -0.2) is 0 Å². The van der Waals surface area contributed by atoms with Crippen molar-refractivity contribution in [2.45, 2.75) is 19.0 Å². The normalized spacial score (nSPS) is 18.8. The second kappa shape index (κ2) is 4.53. The van der Waals surface area contributed by atoms with Crippen LogP contribution in [0.5, 0.6) is 5.75 Å². The summed E-state index contributed by atoms with van der Waals surface area (Å²) in [5, 5.41) is 3.15. The molecule has 0 saturated heterocycles. The van der Waals surface area contributed by atoms with Gasteiger partial charge in [-0.3, -0.25) is 10.1 Å². The number of fused-ring (bicyclic) bond motifs is 1. The van der Waals surface area contributed by atoms with Gasteiger partial charge in [0.05, 0.1) is 14.2 Å². The molecule has 0 aliphatic carbocycles. The van der Waals surface area contributed by atoms with Gasteiger partial charge in [-0.1, -0.05) is 12.1 Å². The zero-order valence-electron chi connectivity index (χ0n) is 9.45. The van der Waals surface area contributed by atoms with Crippen LogP contribution in [-0.2, 0) is 22.5 Å². The minimum Gasteiger partial charge on any atom is -0.496 e. The van der Waals surface area contributed by atoms with Crippen LogP contribution in [0.3, 0.4) is 0 Å². The number of benzene rings is 1. The fourth-order valence-electron chi connectivity index (χ4n) is 2.02. The van der Waals surface area contributed by atoms with E-state index in [2.05, 4.69) is 5.32 Å². The van der Waals surface area contributed by atoms with Crippen molar-refractivity contribution >= 4 is 5.97 Å². The molecule has 0 aromatic heterocycles. The highest BCUT2D eigenvalue weighted by atomic mass is 16.5. The van der Waals surface area contributed by atoms with Crippen molar-refractivity contribution in [3.63, 3.8) is 0 Å². The number of ether oxygens (including phenoxy) is 2. The van der Waals surface area contributed by atoms with Gasteiger partial charge in [-0.2, -0.15) is 0 Å². The van der Waals surface area contributed by atoms with Crippen molar-refractivity contribution in [1.82, 2.24) is 5.32 Å². The van der Waals surface area contributed by atoms with Crippen LogP contribution in [0, 0.1) is 0 Å². The van der Waals surface area contributed by atoms with Crippen molar-refractivity contribution in [2.24, 2.45) is 0 Å². The lowest BCUT2D eigenvalue weighted by molar-refractivity contribution is -0.143. The van der Waals surface area contributed by atoms with E-state index in [-0.39, 0.29) is 12.0 Å². The Balaban J connectivity index is 2.25. The second-order valence-corrected chi connectivity index (χ2v) is 3.76. The van der Waals surface area contributed by atoms with Crippen LogP contribution in [0.1, 0.15) is 11.1 Å². The van der Waals surface area contributed by atoms with Gasteiger partial charge >= 0.3 is 5.97 Å². The zero-order chi connectivity index (χ0) is 11.5. The number of hydrogen-bond donors (Lipinski definition) is 1. The van der Waals surface area contributed by atoms with Gasteiger partial charge in [0.25, 0.3) is 0 Å². The Kier molecular flexibility index (Phi) is 3.10. The molecule has 1 aliphatic rings. The van der Waals surface area contributed by atoms with Crippen LogP contribution in [0.15, 0.2) is 18.2 Å². The van der Waals surface area contributed by atoms with Crippen molar-refractivity contribution in [3.05, 3.63) is 29.3 Å². The molecular formula is C12H15NO3. The molecule has 0 radical (unpaired) electrons. The molecule has 0 amide bonds. The summed E-state index contributed by atoms with van der Waals surface area (Å²) in [7, 11) is 3.06. The maximum Gasteiger partial charge on any atom is 0.323 e. The highest BCUT2D eigenvalue weighted by Gasteiger charge is 2.26. The molecule has 1 N–H and O–H groups in total. The van der Waals surface area contributed by atoms with Crippen LogP contribution in [0.25, 0.3) is 0 Å². The van der Waals surface area contributed by atoms with E-state index in [0.717, 1.165) is 16.9 Å². The molecule has 1 unspecified atom stereocenters. The number of hydrogen-bond acceptors (Lipinski definition) is 4. The first kappa shape index (κ1) is 11.0. The number of esters is 1. The molecule has 1 heterocycles. The molecule has 86 valence electrons. The molecule has 2 rings (SSSR count). The minimum atomic E-state index is -0.246. The average Bonchev–Trinajstić information content (AvgIpc) is 2.36. The van der Waals surface area contributed by atoms with E-state index in [0.29, 0.717) is 13.0 Å². The van der Waals surface area contributed by atoms with Gasteiger partial charge in [0.15, 0.2) is 0 Å². The molecule has 16 heavy (non-hydrogen) atoms. The van der Waals surface area contributed by atoms with Crippen LogP contribution in [0.2, 0.25) is 0 Å². The fraction of sp³-hybridized carbons (Fsp3) is 0.417. The molecule has 0 fully saturated rings. The summed E-state index contributed by atoms with van der Waals surface area (Å²) < 4.78 is 10.0. The molecule has 1 atom stereocenters. The number of carbonyl (C=O) groups excluding carboxylic acids is 1. The van der Waals surface area contributed by atoms with Crippen molar-refractivity contribution in [2.75, 3.05) is 14.2 Å². The first-order valence-electron chi connectivity index (χ1n) is 5.22. The second-order valence-electron chi connectivity index (χ2n) is 3.76. The number of methoxy groups -OCH3 is 2. The topological polar surface area (TPSA) is 47.6 Å². The third-order valence-corrected chi connectivity index (χ3v) is 2.88. The summed E-state index contributed by atoms with van der Waals surface area (Å²) in [4.78, 5) is 11.4. The largest absolute Gasteiger partial charge is 0.496 e. The lowest BCUT2D eigenvalue weighted by Gasteiger charge is -2.25. The van der Waals surface area contributed by atoms with Crippen LogP contribution in [0.4, 0.5) is 0 Å². The third-order valence-electron chi connectivity index (χ3n) is 2.88. The summed E-state index contributed by atoms with van der Waals surface area (Å²) in [6.45, 7) is 0.638. The van der Waals surface area contributed by atoms with Crippen molar-refractivity contribution < 1.29 is 14.3 Å². The lowest BCUT2D eigenvalue weighted by atomic mass is 9.95. The number of nitrogens with one attached hydrogen (secondary N) is 1. The maximum atomic E-state index is 11.4. The Labute approximate surface area is 94.6 Å². The fourth-order valence-corrected chi connectivity index (χ4v) is 2.02. The van der Waals surface area contributed by atoms with Gasteiger partial charge in [-0.05, 0) is 18.1 Å². The quantitative estimate of drug-likeness (QED) is 0.753. The Morgan fingerprint density at radius 1 is 1.44 bits per heavy atom. The van der Waals surface area contributed by atoms with E-state index in [1.807, 2.05) is 18.2 Å². The van der Waals surface area contributed by atoms with Gasteiger partial charge in [-0.15, -0.1) is 0 Å². The van der Waals surface area contributed by atoms with Crippen LogP contribution < -0.4 is 10.1 Å². The summed E-state index contributed by atoms with van der Waals surface area (Å²) in [5.74, 6) is 0.654. The van der Waals surface area contributed by atoms with Crippen molar-refractivity contribution in [1.29, 1.82) is 0 Å². The maximum absolute atomic E-state index is 11.4. The van der Waals surface area contributed by atoms with Gasteiger partial charge < -0.3 is 9.47 Å². The SMILES string of the molecule is COC(=O)C1Cc2cccc(OC)c2CN1. The standard InChI is InChI=1S/C12H15NO3/c1-15-11-5-3-4-8-6-10(12(14)16-2)13-7-9(8)11/h3-5,10,13H,6-7H2,1-2H3. The van der Waals surface area contributed by atoms with E-state index in [1.165, 1.54) is 7.11 Å². The third kappa shape index (κ3) is 1.88. The molecule has 4 heteroatoms. The minimum absolute atomic E-state index is 0.214. The van der Waals surface area contributed by atoms with E-state index < -0.39 is 0 Å². The summed E-state index contributed by atoms with van der Waals surface area (Å²) >= 11 is 0. The van der Waals surface area contributed by atoms with Gasteiger partial charge in [0.1, 0.15) is 11.8 Å². The Morgan fingerprint density at radius 2 is 2.25 bits per heavy atom. The zero-order valence-corrected chi connectivity index (χ0v) is 9.45. The van der Waals surface area contributed by atoms with Crippen LogP contribution in [-0.4, -0.2) is 26.2 Å². The lowest BCUT2D eigenvalue weighted by Crippen LogP contribution is -2.42. The number of rotatable bonds is 2. The summed E-state index contributed by atoms with van der Waals surface area (Å²) in [6.07, 6.45) is 0.652. The van der Waals surface area contributed by atoms with E-state index in [1.54, 1.807) is 7.11 Å². The van der Waals surface area contributed by atoms with Crippen molar-refractivity contribution in [3.8, 4) is 5.75 Å². The molecule has 0 saturated carbocycles. The first-order chi connectivity index (χ1) is 7.76. The average molecular weight is 221 g/mol. The summed E-state index contributed by atoms with van der Waals surface area (Å²) in [5.41, 5.74) is 2.28. The highest BCUT2D eigenvalue weighted by molar-refractivity contribution is 5.76. The number of carbonyl (C=O) groups is 1. The van der Waals surface area contributed by atoms with Crippen LogP contribution >= 0.6 is 0 Å². The Bertz CT molecular complexity index is 403. The predicted octanol–water partition coefficient (Wildman–Crippen LogP) is 0.882. The Hall–Kier alpha value is -1.55. The highest BCUT2D eigenvalue weighted by Crippen LogP contribution is 2.26. The first-order valence-corrected chi connectivity index (χ1v) is 5.22. The molecule has 1 aromatic rings. The summed E-state index contributed by atoms with van der Waals surface area (Å²) in [6, 6.07) is 5.65. The molecule has 0 spiro atoms. The van der Waals surface area contributed by atoms with E-state index in [9.17, 15) is 4.79 Å². The molecule has 4 nitrogen and oxygen atoms in total.